The lowest BCUT2D eigenvalue weighted by molar-refractivity contribution is 0.199. The number of likely N-dealkylation sites (tertiary alicyclic amines) is 1. The van der Waals surface area contributed by atoms with Gasteiger partial charge >= 0.3 is 0 Å². The van der Waals surface area contributed by atoms with Crippen molar-refractivity contribution in [2.45, 2.75) is 45.7 Å². The molecule has 1 saturated heterocycles. The molecule has 0 amide bonds. The van der Waals surface area contributed by atoms with E-state index >= 15 is 0 Å². The Morgan fingerprint density at radius 2 is 2.05 bits per heavy atom. The van der Waals surface area contributed by atoms with Gasteiger partial charge in [-0.15, -0.1) is 0 Å². The van der Waals surface area contributed by atoms with Gasteiger partial charge in [-0.25, -0.2) is 0 Å². The van der Waals surface area contributed by atoms with E-state index in [-0.39, 0.29) is 6.61 Å². The van der Waals surface area contributed by atoms with Gasteiger partial charge in [0.25, 0.3) is 0 Å². The highest BCUT2D eigenvalue weighted by molar-refractivity contribution is 5.36. The van der Waals surface area contributed by atoms with Crippen LogP contribution in [0.1, 0.15) is 44.2 Å². The second-order valence-electron chi connectivity index (χ2n) is 5.90. The predicted octanol–water partition coefficient (Wildman–Crippen LogP) is 3.04. The molecule has 1 atom stereocenters. The second-order valence-corrected chi connectivity index (χ2v) is 5.90. The molecule has 1 aliphatic heterocycles. The molecule has 20 heavy (non-hydrogen) atoms. The average molecular weight is 271 g/mol. The summed E-state index contributed by atoms with van der Waals surface area (Å²) in [5.74, 6) is 6.76. The number of rotatable bonds is 4. The standard InChI is InChI=1S/C18H25NO/c1-15(2)18-7-5-12-19(18)14-17-10-8-16(9-11-17)6-3-4-13-20/h8-11,15,18,20H,4-5,7,12-14H2,1-2H3. The van der Waals surface area contributed by atoms with Gasteiger partial charge in [0.2, 0.25) is 0 Å². The summed E-state index contributed by atoms with van der Waals surface area (Å²) in [4.78, 5) is 2.61. The zero-order chi connectivity index (χ0) is 14.4. The highest BCUT2D eigenvalue weighted by atomic mass is 16.2. The molecule has 1 unspecified atom stereocenters. The van der Waals surface area contributed by atoms with Crippen LogP contribution < -0.4 is 0 Å². The fourth-order valence-electron chi connectivity index (χ4n) is 2.95. The summed E-state index contributed by atoms with van der Waals surface area (Å²) < 4.78 is 0. The number of benzene rings is 1. The molecule has 0 aliphatic carbocycles. The van der Waals surface area contributed by atoms with Crippen molar-refractivity contribution in [2.24, 2.45) is 5.92 Å². The first kappa shape index (κ1) is 15.1. The van der Waals surface area contributed by atoms with Crippen LogP contribution in [0.15, 0.2) is 24.3 Å². The van der Waals surface area contributed by atoms with Crippen LogP contribution in [0.2, 0.25) is 0 Å². The number of hydrogen-bond donors (Lipinski definition) is 1. The van der Waals surface area contributed by atoms with Gasteiger partial charge in [0, 0.05) is 24.6 Å². The molecule has 1 aromatic rings. The van der Waals surface area contributed by atoms with Crippen molar-refractivity contribution >= 4 is 0 Å². The maximum Gasteiger partial charge on any atom is 0.0540 e. The molecule has 1 N–H and O–H groups in total. The molecule has 1 heterocycles. The lowest BCUT2D eigenvalue weighted by Gasteiger charge is -2.27. The third-order valence-corrected chi connectivity index (χ3v) is 3.99. The zero-order valence-corrected chi connectivity index (χ0v) is 12.6. The van der Waals surface area contributed by atoms with Gasteiger partial charge in [-0.05, 0) is 43.0 Å². The van der Waals surface area contributed by atoms with E-state index in [0.717, 1.165) is 24.1 Å². The first-order valence-corrected chi connectivity index (χ1v) is 7.63. The molecular formula is C18H25NO. The molecule has 0 bridgehead atoms. The molecule has 0 spiro atoms. The van der Waals surface area contributed by atoms with E-state index in [9.17, 15) is 0 Å². The van der Waals surface area contributed by atoms with Crippen LogP contribution in [0.3, 0.4) is 0 Å². The van der Waals surface area contributed by atoms with Crippen LogP contribution in [-0.4, -0.2) is 29.2 Å². The van der Waals surface area contributed by atoms with Crippen LogP contribution in [0.25, 0.3) is 0 Å². The maximum absolute atomic E-state index is 8.71. The van der Waals surface area contributed by atoms with Crippen LogP contribution in [0, 0.1) is 17.8 Å². The summed E-state index contributed by atoms with van der Waals surface area (Å²) in [6.45, 7) is 7.05. The zero-order valence-electron chi connectivity index (χ0n) is 12.6. The third kappa shape index (κ3) is 4.10. The van der Waals surface area contributed by atoms with Crippen molar-refractivity contribution in [3.8, 4) is 11.8 Å². The third-order valence-electron chi connectivity index (χ3n) is 3.99. The number of nitrogens with zero attached hydrogens (tertiary/aromatic N) is 1. The molecule has 0 radical (unpaired) electrons. The Bertz CT molecular complexity index is 466. The van der Waals surface area contributed by atoms with E-state index in [1.54, 1.807) is 0 Å². The van der Waals surface area contributed by atoms with Gasteiger partial charge in [0.1, 0.15) is 0 Å². The van der Waals surface area contributed by atoms with Gasteiger partial charge in [-0.3, -0.25) is 4.90 Å². The van der Waals surface area contributed by atoms with E-state index in [4.69, 9.17) is 5.11 Å². The van der Waals surface area contributed by atoms with Gasteiger partial charge in [-0.1, -0.05) is 37.8 Å². The maximum atomic E-state index is 8.71. The fraction of sp³-hybridized carbons (Fsp3) is 0.556. The molecule has 2 nitrogen and oxygen atoms in total. The van der Waals surface area contributed by atoms with E-state index < -0.39 is 0 Å². The molecule has 108 valence electrons. The monoisotopic (exact) mass is 271 g/mol. The molecule has 1 fully saturated rings. The molecule has 2 rings (SSSR count). The van der Waals surface area contributed by atoms with E-state index in [0.29, 0.717) is 6.42 Å². The van der Waals surface area contributed by atoms with Gasteiger partial charge in [0.05, 0.1) is 6.61 Å². The summed E-state index contributed by atoms with van der Waals surface area (Å²) in [6.07, 6.45) is 3.21. The highest BCUT2D eigenvalue weighted by Gasteiger charge is 2.26. The van der Waals surface area contributed by atoms with Crippen LogP contribution in [0.5, 0.6) is 0 Å². The van der Waals surface area contributed by atoms with Crippen molar-refractivity contribution in [3.05, 3.63) is 35.4 Å². The van der Waals surface area contributed by atoms with Crippen LogP contribution in [0.4, 0.5) is 0 Å². The Kier molecular flexibility index (Phi) is 5.64. The van der Waals surface area contributed by atoms with Crippen LogP contribution >= 0.6 is 0 Å². The molecule has 1 aromatic carbocycles. The fourth-order valence-corrected chi connectivity index (χ4v) is 2.95. The largest absolute Gasteiger partial charge is 0.395 e. The molecule has 1 aliphatic rings. The van der Waals surface area contributed by atoms with Crippen molar-refractivity contribution in [1.82, 2.24) is 4.90 Å². The number of aliphatic hydroxyl groups excluding tert-OH is 1. The molecule has 0 aromatic heterocycles. The summed E-state index contributed by atoms with van der Waals surface area (Å²) in [6, 6.07) is 9.26. The Balaban J connectivity index is 1.95. The van der Waals surface area contributed by atoms with Crippen LogP contribution in [-0.2, 0) is 6.54 Å². The first-order chi connectivity index (χ1) is 9.70. The summed E-state index contributed by atoms with van der Waals surface area (Å²) in [5.41, 5.74) is 2.40. The minimum absolute atomic E-state index is 0.136. The lowest BCUT2D eigenvalue weighted by Crippen LogP contribution is -2.32. The molecule has 2 heteroatoms. The Morgan fingerprint density at radius 3 is 2.70 bits per heavy atom. The topological polar surface area (TPSA) is 23.5 Å². The molecular weight excluding hydrogens is 246 g/mol. The average Bonchev–Trinajstić information content (AvgIpc) is 2.89. The number of aliphatic hydroxyl groups is 1. The normalized spacial score (nSPS) is 19.1. The number of hydrogen-bond acceptors (Lipinski definition) is 2. The van der Waals surface area contributed by atoms with Crippen molar-refractivity contribution in [3.63, 3.8) is 0 Å². The lowest BCUT2D eigenvalue weighted by atomic mass is 10.0. The summed E-state index contributed by atoms with van der Waals surface area (Å²) in [5, 5.41) is 8.71. The second kappa shape index (κ2) is 7.47. The van der Waals surface area contributed by atoms with Gasteiger partial charge in [-0.2, -0.15) is 0 Å². The quantitative estimate of drug-likeness (QED) is 0.851. The Labute approximate surface area is 122 Å². The summed E-state index contributed by atoms with van der Waals surface area (Å²) in [7, 11) is 0. The highest BCUT2D eigenvalue weighted by Crippen LogP contribution is 2.25. The van der Waals surface area contributed by atoms with Crippen molar-refractivity contribution in [2.75, 3.05) is 13.2 Å². The van der Waals surface area contributed by atoms with Gasteiger partial charge < -0.3 is 5.11 Å². The van der Waals surface area contributed by atoms with E-state index in [1.807, 2.05) is 0 Å². The Morgan fingerprint density at radius 1 is 1.30 bits per heavy atom. The predicted molar refractivity (Wildman–Crippen MR) is 83.3 cm³/mol. The SMILES string of the molecule is CC(C)C1CCCN1Cc1ccc(C#CCCO)cc1. The van der Waals surface area contributed by atoms with Gasteiger partial charge in [0.15, 0.2) is 0 Å². The van der Waals surface area contributed by atoms with E-state index in [2.05, 4.69) is 54.9 Å². The smallest absolute Gasteiger partial charge is 0.0540 e. The van der Waals surface area contributed by atoms with Crippen molar-refractivity contribution in [1.29, 1.82) is 0 Å². The van der Waals surface area contributed by atoms with E-state index in [1.165, 1.54) is 24.9 Å². The Hall–Kier alpha value is -1.30. The minimum atomic E-state index is 0.136. The summed E-state index contributed by atoms with van der Waals surface area (Å²) >= 11 is 0. The molecule has 0 saturated carbocycles. The minimum Gasteiger partial charge on any atom is -0.395 e. The van der Waals surface area contributed by atoms with Crippen molar-refractivity contribution < 1.29 is 5.11 Å². The first-order valence-electron chi connectivity index (χ1n) is 7.63.